The van der Waals surface area contributed by atoms with Crippen LogP contribution in [0.3, 0.4) is 0 Å². The lowest BCUT2D eigenvalue weighted by Gasteiger charge is -2.42. The first-order chi connectivity index (χ1) is 17.3. The number of likely N-dealkylation sites (N-methyl/N-ethyl adjacent to an activating group) is 1. The average molecular weight is 508 g/mol. The van der Waals surface area contributed by atoms with Crippen molar-refractivity contribution in [3.8, 4) is 16.9 Å². The van der Waals surface area contributed by atoms with Crippen LogP contribution in [0.1, 0.15) is 20.3 Å². The summed E-state index contributed by atoms with van der Waals surface area (Å²) >= 11 is 6.60. The molecule has 2 aromatic carbocycles. The zero-order valence-electron chi connectivity index (χ0n) is 21.6. The van der Waals surface area contributed by atoms with Gasteiger partial charge < -0.3 is 14.5 Å². The SMILES string of the molecule is CC1CN(c2nnc3cnc4ccc(-c5ccc(OCCCN(C)C)c(Cl)c5)cc4n23)C[C@H](C)N1C. The minimum Gasteiger partial charge on any atom is -0.492 e. The number of nitrogens with zero attached hydrogens (tertiary/aromatic N) is 7. The van der Waals surface area contributed by atoms with Gasteiger partial charge in [0.1, 0.15) is 5.75 Å². The van der Waals surface area contributed by atoms with Crippen molar-refractivity contribution in [1.29, 1.82) is 0 Å². The van der Waals surface area contributed by atoms with Crippen LogP contribution in [0.5, 0.6) is 5.75 Å². The van der Waals surface area contributed by atoms with E-state index >= 15 is 0 Å². The number of hydrogen-bond donors (Lipinski definition) is 0. The van der Waals surface area contributed by atoms with Crippen molar-refractivity contribution >= 4 is 34.2 Å². The molecule has 1 unspecified atom stereocenters. The van der Waals surface area contributed by atoms with E-state index in [4.69, 9.17) is 16.3 Å². The molecule has 0 saturated carbocycles. The molecule has 0 N–H and O–H groups in total. The highest BCUT2D eigenvalue weighted by atomic mass is 35.5. The van der Waals surface area contributed by atoms with Gasteiger partial charge in [-0.25, -0.2) is 0 Å². The van der Waals surface area contributed by atoms with E-state index in [0.29, 0.717) is 29.5 Å². The summed E-state index contributed by atoms with van der Waals surface area (Å²) in [6, 6.07) is 13.1. The standard InChI is InChI=1S/C27H34ClN7O/c1-18-16-34(17-19(2)33(18)5)27-31-30-26-15-29-23-9-7-21(14-24(23)35(26)27)20-8-10-25(22(28)13-20)36-12-6-11-32(3)4/h7-10,13-15,18-19H,6,11-12,16-17H2,1-5H3/t18-,19?/m0/s1. The first kappa shape index (κ1) is 24.7. The van der Waals surface area contributed by atoms with Crippen LogP contribution in [0.4, 0.5) is 5.95 Å². The van der Waals surface area contributed by atoms with E-state index in [1.165, 1.54) is 0 Å². The number of halogens is 1. The van der Waals surface area contributed by atoms with Crippen LogP contribution in [0.2, 0.25) is 5.02 Å². The summed E-state index contributed by atoms with van der Waals surface area (Å²) in [7, 11) is 6.30. The Morgan fingerprint density at radius 1 is 1.03 bits per heavy atom. The predicted molar refractivity (Wildman–Crippen MR) is 146 cm³/mol. The zero-order chi connectivity index (χ0) is 25.4. The lowest BCUT2D eigenvalue weighted by atomic mass is 10.0. The van der Waals surface area contributed by atoms with E-state index in [9.17, 15) is 0 Å². The molecule has 2 aromatic heterocycles. The van der Waals surface area contributed by atoms with Crippen molar-refractivity contribution in [2.75, 3.05) is 52.3 Å². The van der Waals surface area contributed by atoms with Crippen molar-refractivity contribution in [2.45, 2.75) is 32.4 Å². The highest BCUT2D eigenvalue weighted by Crippen LogP contribution is 2.32. The number of benzene rings is 2. The Kier molecular flexibility index (Phi) is 7.01. The number of ether oxygens (including phenoxy) is 1. The fourth-order valence-electron chi connectivity index (χ4n) is 4.85. The third kappa shape index (κ3) is 4.85. The quantitative estimate of drug-likeness (QED) is 0.342. The average Bonchev–Trinajstić information content (AvgIpc) is 3.30. The van der Waals surface area contributed by atoms with Gasteiger partial charge in [-0.2, -0.15) is 0 Å². The Bertz CT molecular complexity index is 1360. The van der Waals surface area contributed by atoms with Gasteiger partial charge in [0, 0.05) is 31.7 Å². The molecule has 1 saturated heterocycles. The van der Waals surface area contributed by atoms with Crippen LogP contribution in [-0.4, -0.2) is 88.8 Å². The molecule has 190 valence electrons. The Morgan fingerprint density at radius 3 is 2.47 bits per heavy atom. The minimum absolute atomic E-state index is 0.426. The Hall–Kier alpha value is -2.94. The summed E-state index contributed by atoms with van der Waals surface area (Å²) in [5, 5.41) is 9.63. The number of piperazine rings is 1. The van der Waals surface area contributed by atoms with Gasteiger partial charge in [0.15, 0.2) is 5.65 Å². The van der Waals surface area contributed by atoms with E-state index < -0.39 is 0 Å². The number of fused-ring (bicyclic) bond motifs is 3. The molecular weight excluding hydrogens is 474 g/mol. The summed E-state index contributed by atoms with van der Waals surface area (Å²) in [6.45, 7) is 7.92. The first-order valence-corrected chi connectivity index (χ1v) is 12.9. The summed E-state index contributed by atoms with van der Waals surface area (Å²) < 4.78 is 8.03. The lowest BCUT2D eigenvalue weighted by molar-refractivity contribution is 0.169. The van der Waals surface area contributed by atoms with Gasteiger partial charge in [0.25, 0.3) is 0 Å². The maximum Gasteiger partial charge on any atom is 0.232 e. The third-order valence-corrected chi connectivity index (χ3v) is 7.42. The van der Waals surface area contributed by atoms with Crippen molar-refractivity contribution in [1.82, 2.24) is 29.4 Å². The Morgan fingerprint density at radius 2 is 1.75 bits per heavy atom. The van der Waals surface area contributed by atoms with E-state index in [1.807, 2.05) is 18.2 Å². The zero-order valence-corrected chi connectivity index (χ0v) is 22.4. The molecular formula is C27H34ClN7O. The van der Waals surface area contributed by atoms with Gasteiger partial charge in [-0.3, -0.25) is 14.3 Å². The van der Waals surface area contributed by atoms with Crippen molar-refractivity contribution in [3.05, 3.63) is 47.6 Å². The fraction of sp³-hybridized carbons (Fsp3) is 0.444. The summed E-state index contributed by atoms with van der Waals surface area (Å²) in [4.78, 5) is 11.5. The largest absolute Gasteiger partial charge is 0.492 e. The van der Waals surface area contributed by atoms with Gasteiger partial charge in [-0.05, 0) is 76.8 Å². The lowest BCUT2D eigenvalue weighted by Crippen LogP contribution is -2.55. The summed E-state index contributed by atoms with van der Waals surface area (Å²) in [5.41, 5.74) is 4.70. The van der Waals surface area contributed by atoms with Gasteiger partial charge >= 0.3 is 0 Å². The molecule has 2 atom stereocenters. The molecule has 8 nitrogen and oxygen atoms in total. The maximum absolute atomic E-state index is 6.60. The van der Waals surface area contributed by atoms with Crippen LogP contribution in [0, 0.1) is 0 Å². The van der Waals surface area contributed by atoms with Crippen LogP contribution in [-0.2, 0) is 0 Å². The van der Waals surface area contributed by atoms with E-state index in [0.717, 1.165) is 59.8 Å². The first-order valence-electron chi connectivity index (χ1n) is 12.5. The molecule has 0 aliphatic carbocycles. The minimum atomic E-state index is 0.426. The van der Waals surface area contributed by atoms with Crippen LogP contribution >= 0.6 is 11.6 Å². The molecule has 0 amide bonds. The van der Waals surface area contributed by atoms with E-state index in [2.05, 4.69) is 87.5 Å². The number of aromatic nitrogens is 4. The second kappa shape index (κ2) is 10.2. The summed E-state index contributed by atoms with van der Waals surface area (Å²) in [6.07, 6.45) is 2.74. The van der Waals surface area contributed by atoms with Gasteiger partial charge in [0.05, 0.1) is 28.9 Å². The molecule has 0 radical (unpaired) electrons. The number of hydrogen-bond acceptors (Lipinski definition) is 7. The highest BCUT2D eigenvalue weighted by molar-refractivity contribution is 6.32. The second-order valence-corrected chi connectivity index (χ2v) is 10.5. The number of rotatable bonds is 7. The molecule has 3 heterocycles. The van der Waals surface area contributed by atoms with E-state index in [-0.39, 0.29) is 0 Å². The molecule has 36 heavy (non-hydrogen) atoms. The second-order valence-electron chi connectivity index (χ2n) is 10.1. The fourth-order valence-corrected chi connectivity index (χ4v) is 5.09. The Labute approximate surface area is 217 Å². The molecule has 9 heteroatoms. The topological polar surface area (TPSA) is 62.0 Å². The molecule has 5 rings (SSSR count). The molecule has 1 aliphatic rings. The van der Waals surface area contributed by atoms with Gasteiger partial charge in [-0.1, -0.05) is 23.7 Å². The van der Waals surface area contributed by atoms with Crippen LogP contribution in [0.25, 0.3) is 27.8 Å². The van der Waals surface area contributed by atoms with Gasteiger partial charge in [-0.15, -0.1) is 10.2 Å². The van der Waals surface area contributed by atoms with Crippen LogP contribution in [0.15, 0.2) is 42.6 Å². The molecule has 1 fully saturated rings. The van der Waals surface area contributed by atoms with Crippen LogP contribution < -0.4 is 9.64 Å². The Balaban J connectivity index is 1.47. The number of anilines is 1. The van der Waals surface area contributed by atoms with E-state index in [1.54, 1.807) is 6.20 Å². The van der Waals surface area contributed by atoms with Gasteiger partial charge in [0.2, 0.25) is 5.95 Å². The molecule has 0 spiro atoms. The molecule has 1 aliphatic heterocycles. The maximum atomic E-state index is 6.60. The predicted octanol–water partition coefficient (Wildman–Crippen LogP) is 4.46. The molecule has 4 aromatic rings. The highest BCUT2D eigenvalue weighted by Gasteiger charge is 2.29. The molecule has 0 bridgehead atoms. The van der Waals surface area contributed by atoms with Crippen molar-refractivity contribution in [3.63, 3.8) is 0 Å². The van der Waals surface area contributed by atoms with Crippen molar-refractivity contribution < 1.29 is 4.74 Å². The summed E-state index contributed by atoms with van der Waals surface area (Å²) in [5.74, 6) is 1.57. The normalized spacial score (nSPS) is 19.0. The van der Waals surface area contributed by atoms with Crippen molar-refractivity contribution in [2.24, 2.45) is 0 Å². The smallest absolute Gasteiger partial charge is 0.232 e. The third-order valence-electron chi connectivity index (χ3n) is 7.12. The monoisotopic (exact) mass is 507 g/mol.